The highest BCUT2D eigenvalue weighted by Crippen LogP contribution is 2.21. The quantitative estimate of drug-likeness (QED) is 0.724. The van der Waals surface area contributed by atoms with Crippen molar-refractivity contribution >= 4 is 21.6 Å². The lowest BCUT2D eigenvalue weighted by Crippen LogP contribution is -2.37. The molecule has 0 bridgehead atoms. The summed E-state index contributed by atoms with van der Waals surface area (Å²) in [5.41, 5.74) is 0. The smallest absolute Gasteiger partial charge is 0.247 e. The Morgan fingerprint density at radius 3 is 2.82 bits per heavy atom. The molecule has 22 heavy (non-hydrogen) atoms. The van der Waals surface area contributed by atoms with E-state index in [2.05, 4.69) is 27.4 Å². The molecule has 1 fully saturated rings. The van der Waals surface area contributed by atoms with Crippen molar-refractivity contribution in [3.05, 3.63) is 6.20 Å². The number of nitrogens with zero attached hydrogens (tertiary/aromatic N) is 4. The van der Waals surface area contributed by atoms with Gasteiger partial charge in [0.1, 0.15) is 0 Å². The Hall–Kier alpha value is -1.44. The molecule has 0 amide bonds. The van der Waals surface area contributed by atoms with E-state index in [4.69, 9.17) is 0 Å². The molecule has 0 saturated carbocycles. The van der Waals surface area contributed by atoms with Crippen LogP contribution in [-0.2, 0) is 9.84 Å². The fraction of sp³-hybridized carbons (Fsp3) is 0.786. The van der Waals surface area contributed by atoms with E-state index >= 15 is 0 Å². The first kappa shape index (κ1) is 16.9. The van der Waals surface area contributed by atoms with E-state index in [0.717, 1.165) is 13.0 Å². The SMILES string of the molecule is CCCCCNc1cnnc(N(CC)C2CCS(=O)(=O)C2)n1. The molecule has 1 aromatic rings. The lowest BCUT2D eigenvalue weighted by molar-refractivity contribution is 0.598. The number of hydrogen-bond acceptors (Lipinski definition) is 7. The first-order chi connectivity index (χ1) is 10.6. The number of nitrogens with one attached hydrogen (secondary N) is 1. The van der Waals surface area contributed by atoms with Crippen LogP contribution >= 0.6 is 0 Å². The van der Waals surface area contributed by atoms with Crippen LogP contribution in [0.15, 0.2) is 6.20 Å². The number of aromatic nitrogens is 3. The van der Waals surface area contributed by atoms with Crippen molar-refractivity contribution in [2.75, 3.05) is 34.8 Å². The standard InChI is InChI=1S/C14H25N5O2S/c1-3-5-6-8-15-13-10-16-18-14(17-13)19(4-2)12-7-9-22(20,21)11-12/h10,12H,3-9,11H2,1-2H3,(H,15,17,18). The summed E-state index contributed by atoms with van der Waals surface area (Å²) in [6.07, 6.45) is 5.69. The van der Waals surface area contributed by atoms with Crippen LogP contribution in [0.5, 0.6) is 0 Å². The Balaban J connectivity index is 2.03. The minimum absolute atomic E-state index is 0.0489. The topological polar surface area (TPSA) is 88.1 Å². The van der Waals surface area contributed by atoms with Crippen molar-refractivity contribution in [2.24, 2.45) is 0 Å². The summed E-state index contributed by atoms with van der Waals surface area (Å²) in [7, 11) is -2.92. The monoisotopic (exact) mass is 327 g/mol. The third-order valence-corrected chi connectivity index (χ3v) is 5.63. The number of unbranched alkanes of at least 4 members (excludes halogenated alkanes) is 2. The van der Waals surface area contributed by atoms with E-state index in [-0.39, 0.29) is 17.5 Å². The predicted octanol–water partition coefficient (Wildman–Crippen LogP) is 1.49. The zero-order valence-corrected chi connectivity index (χ0v) is 14.1. The normalized spacial score (nSPS) is 20.0. The number of hydrogen-bond donors (Lipinski definition) is 1. The molecule has 1 aromatic heterocycles. The maximum atomic E-state index is 11.7. The highest BCUT2D eigenvalue weighted by atomic mass is 32.2. The van der Waals surface area contributed by atoms with Crippen LogP contribution in [0.4, 0.5) is 11.8 Å². The minimum atomic E-state index is -2.92. The van der Waals surface area contributed by atoms with E-state index in [0.29, 0.717) is 24.7 Å². The van der Waals surface area contributed by atoms with Crippen molar-refractivity contribution < 1.29 is 8.42 Å². The average Bonchev–Trinajstić information content (AvgIpc) is 2.85. The van der Waals surface area contributed by atoms with Crippen molar-refractivity contribution in [3.8, 4) is 0 Å². The van der Waals surface area contributed by atoms with Crippen LogP contribution in [-0.4, -0.2) is 54.2 Å². The molecule has 124 valence electrons. The Bertz CT molecular complexity index is 578. The van der Waals surface area contributed by atoms with Crippen LogP contribution in [0.3, 0.4) is 0 Å². The van der Waals surface area contributed by atoms with Gasteiger partial charge in [-0.2, -0.15) is 10.1 Å². The van der Waals surface area contributed by atoms with E-state index < -0.39 is 9.84 Å². The second kappa shape index (κ2) is 7.71. The van der Waals surface area contributed by atoms with Gasteiger partial charge in [0.25, 0.3) is 0 Å². The van der Waals surface area contributed by atoms with Gasteiger partial charge in [-0.1, -0.05) is 19.8 Å². The molecule has 1 atom stereocenters. The van der Waals surface area contributed by atoms with E-state index in [1.807, 2.05) is 11.8 Å². The molecule has 0 aliphatic carbocycles. The zero-order valence-electron chi connectivity index (χ0n) is 13.3. The largest absolute Gasteiger partial charge is 0.369 e. The van der Waals surface area contributed by atoms with Crippen molar-refractivity contribution in [3.63, 3.8) is 0 Å². The summed E-state index contributed by atoms with van der Waals surface area (Å²) in [4.78, 5) is 6.42. The second-order valence-corrected chi connectivity index (χ2v) is 7.85. The summed E-state index contributed by atoms with van der Waals surface area (Å²) in [5, 5.41) is 11.3. The first-order valence-electron chi connectivity index (χ1n) is 7.96. The van der Waals surface area contributed by atoms with Gasteiger partial charge in [0.05, 0.1) is 17.7 Å². The van der Waals surface area contributed by atoms with Crippen LogP contribution in [0.2, 0.25) is 0 Å². The molecular formula is C14H25N5O2S. The Morgan fingerprint density at radius 1 is 1.36 bits per heavy atom. The molecule has 1 N–H and O–H groups in total. The van der Waals surface area contributed by atoms with Crippen molar-refractivity contribution in [1.29, 1.82) is 0 Å². The highest BCUT2D eigenvalue weighted by Gasteiger charge is 2.33. The molecule has 1 saturated heterocycles. The van der Waals surface area contributed by atoms with E-state index in [1.54, 1.807) is 6.20 Å². The van der Waals surface area contributed by atoms with Gasteiger partial charge in [0.15, 0.2) is 15.7 Å². The lowest BCUT2D eigenvalue weighted by Gasteiger charge is -2.26. The van der Waals surface area contributed by atoms with Crippen molar-refractivity contribution in [2.45, 2.75) is 45.6 Å². The highest BCUT2D eigenvalue weighted by molar-refractivity contribution is 7.91. The maximum Gasteiger partial charge on any atom is 0.247 e. The Morgan fingerprint density at radius 2 is 2.18 bits per heavy atom. The average molecular weight is 327 g/mol. The van der Waals surface area contributed by atoms with Gasteiger partial charge in [-0.25, -0.2) is 8.42 Å². The van der Waals surface area contributed by atoms with Gasteiger partial charge in [0, 0.05) is 19.1 Å². The summed E-state index contributed by atoms with van der Waals surface area (Å²) in [6, 6.07) is -0.0489. The molecule has 1 unspecified atom stereocenters. The first-order valence-corrected chi connectivity index (χ1v) is 9.78. The summed E-state index contributed by atoms with van der Waals surface area (Å²) >= 11 is 0. The van der Waals surface area contributed by atoms with Crippen LogP contribution in [0, 0.1) is 0 Å². The fourth-order valence-electron chi connectivity index (χ4n) is 2.68. The molecule has 2 rings (SSSR count). The minimum Gasteiger partial charge on any atom is -0.369 e. The predicted molar refractivity (Wildman–Crippen MR) is 87.9 cm³/mol. The van der Waals surface area contributed by atoms with Crippen molar-refractivity contribution in [1.82, 2.24) is 15.2 Å². The van der Waals surface area contributed by atoms with Gasteiger partial charge in [-0.05, 0) is 19.8 Å². The second-order valence-electron chi connectivity index (χ2n) is 5.62. The summed E-state index contributed by atoms with van der Waals surface area (Å²) in [6.45, 7) is 5.67. The van der Waals surface area contributed by atoms with Gasteiger partial charge in [0.2, 0.25) is 5.95 Å². The third kappa shape index (κ3) is 4.53. The van der Waals surface area contributed by atoms with E-state index in [1.165, 1.54) is 12.8 Å². The van der Waals surface area contributed by atoms with Gasteiger partial charge >= 0.3 is 0 Å². The number of sulfone groups is 1. The molecule has 0 aromatic carbocycles. The number of rotatable bonds is 8. The summed E-state index contributed by atoms with van der Waals surface area (Å²) < 4.78 is 23.3. The Labute approximate surface area is 132 Å². The zero-order chi connectivity index (χ0) is 16.0. The Kier molecular flexibility index (Phi) is 5.93. The lowest BCUT2D eigenvalue weighted by atomic mass is 10.2. The molecular weight excluding hydrogens is 302 g/mol. The molecule has 2 heterocycles. The molecule has 7 nitrogen and oxygen atoms in total. The summed E-state index contributed by atoms with van der Waals surface area (Å²) in [5.74, 6) is 1.63. The van der Waals surface area contributed by atoms with Crippen LogP contribution in [0.25, 0.3) is 0 Å². The molecule has 8 heteroatoms. The van der Waals surface area contributed by atoms with Gasteiger partial charge in [-0.15, -0.1) is 5.10 Å². The molecule has 1 aliphatic rings. The number of anilines is 2. The molecule has 0 spiro atoms. The third-order valence-electron chi connectivity index (χ3n) is 3.88. The van der Waals surface area contributed by atoms with Crippen LogP contribution < -0.4 is 10.2 Å². The van der Waals surface area contributed by atoms with Crippen LogP contribution in [0.1, 0.15) is 39.5 Å². The van der Waals surface area contributed by atoms with Gasteiger partial charge in [-0.3, -0.25) is 0 Å². The van der Waals surface area contributed by atoms with E-state index in [9.17, 15) is 8.42 Å². The molecule has 1 aliphatic heterocycles. The fourth-order valence-corrected chi connectivity index (χ4v) is 4.41. The van der Waals surface area contributed by atoms with Gasteiger partial charge < -0.3 is 10.2 Å². The maximum absolute atomic E-state index is 11.7. The molecule has 0 radical (unpaired) electrons.